The minimum absolute atomic E-state index is 0.0839. The number of imidazole rings is 1. The first kappa shape index (κ1) is 22.8. The van der Waals surface area contributed by atoms with Crippen LogP contribution in [0, 0.1) is 0 Å². The summed E-state index contributed by atoms with van der Waals surface area (Å²) in [5.74, 6) is 1.52. The number of rotatable bonds is 9. The average Bonchev–Trinajstić information content (AvgIpc) is 3.27. The summed E-state index contributed by atoms with van der Waals surface area (Å²) in [7, 11) is 5.09. The largest absolute Gasteiger partial charge is 0.497 e. The van der Waals surface area contributed by atoms with Gasteiger partial charge in [0.15, 0.2) is 5.82 Å². The van der Waals surface area contributed by atoms with Gasteiger partial charge in [-0.25, -0.2) is 4.98 Å². The van der Waals surface area contributed by atoms with Gasteiger partial charge in [-0.2, -0.15) is 4.52 Å². The summed E-state index contributed by atoms with van der Waals surface area (Å²) >= 11 is 1.44. The molecule has 0 bridgehead atoms. The number of anilines is 2. The SMILES string of the molecule is COCCNC(=O)CN(C)c1nn2c(NC(C)(C)C)c(-c3ccc(OC)cc3)nc2s1. The zero-order chi connectivity index (χ0) is 22.6. The van der Waals surface area contributed by atoms with Crippen molar-refractivity contribution in [2.45, 2.75) is 26.3 Å². The number of carbonyl (C=O) groups is 1. The van der Waals surface area contributed by atoms with Crippen molar-refractivity contribution in [2.24, 2.45) is 0 Å². The fourth-order valence-electron chi connectivity index (χ4n) is 2.94. The first-order valence-electron chi connectivity index (χ1n) is 10.0. The Labute approximate surface area is 186 Å². The molecule has 31 heavy (non-hydrogen) atoms. The smallest absolute Gasteiger partial charge is 0.239 e. The number of hydrogen-bond acceptors (Lipinski definition) is 8. The van der Waals surface area contributed by atoms with Crippen LogP contribution in [0.1, 0.15) is 20.8 Å². The van der Waals surface area contributed by atoms with Gasteiger partial charge < -0.3 is 25.0 Å². The summed E-state index contributed by atoms with van der Waals surface area (Å²) in [5, 5.41) is 11.8. The summed E-state index contributed by atoms with van der Waals surface area (Å²) < 4.78 is 12.0. The van der Waals surface area contributed by atoms with E-state index in [1.165, 1.54) is 11.3 Å². The molecule has 2 aromatic heterocycles. The molecule has 3 rings (SSSR count). The Hall–Kier alpha value is -2.85. The number of nitrogens with one attached hydrogen (secondary N) is 2. The van der Waals surface area contributed by atoms with E-state index in [0.717, 1.165) is 27.8 Å². The van der Waals surface area contributed by atoms with Gasteiger partial charge >= 0.3 is 0 Å². The van der Waals surface area contributed by atoms with Crippen molar-refractivity contribution in [3.63, 3.8) is 0 Å². The molecule has 0 aliphatic carbocycles. The number of methoxy groups -OCH3 is 2. The predicted octanol–water partition coefficient (Wildman–Crippen LogP) is 2.88. The van der Waals surface area contributed by atoms with Gasteiger partial charge in [-0.1, -0.05) is 11.3 Å². The van der Waals surface area contributed by atoms with Crippen LogP contribution in [0.25, 0.3) is 16.2 Å². The third kappa shape index (κ3) is 5.65. The van der Waals surface area contributed by atoms with Crippen molar-refractivity contribution in [3.05, 3.63) is 24.3 Å². The molecule has 10 heteroatoms. The number of aromatic nitrogens is 3. The van der Waals surface area contributed by atoms with Gasteiger partial charge in [0.2, 0.25) is 16.0 Å². The van der Waals surface area contributed by atoms with Crippen LogP contribution in [-0.2, 0) is 9.53 Å². The van der Waals surface area contributed by atoms with E-state index in [2.05, 4.69) is 31.4 Å². The van der Waals surface area contributed by atoms with Crippen LogP contribution < -0.4 is 20.3 Å². The van der Waals surface area contributed by atoms with Gasteiger partial charge in [-0.15, -0.1) is 5.10 Å². The quantitative estimate of drug-likeness (QED) is 0.488. The Morgan fingerprint density at radius 3 is 2.55 bits per heavy atom. The van der Waals surface area contributed by atoms with Crippen LogP contribution in [-0.4, -0.2) is 67.0 Å². The number of hydrogen-bond donors (Lipinski definition) is 2. The van der Waals surface area contributed by atoms with E-state index < -0.39 is 0 Å². The molecule has 168 valence electrons. The van der Waals surface area contributed by atoms with Gasteiger partial charge in [0.1, 0.15) is 11.4 Å². The summed E-state index contributed by atoms with van der Waals surface area (Å²) in [6, 6.07) is 7.80. The highest BCUT2D eigenvalue weighted by Crippen LogP contribution is 2.35. The van der Waals surface area contributed by atoms with Crippen molar-refractivity contribution in [1.29, 1.82) is 0 Å². The molecule has 0 unspecified atom stereocenters. The summed E-state index contributed by atoms with van der Waals surface area (Å²) in [6.07, 6.45) is 0. The highest BCUT2D eigenvalue weighted by Gasteiger charge is 2.23. The first-order valence-corrected chi connectivity index (χ1v) is 10.8. The monoisotopic (exact) mass is 446 g/mol. The summed E-state index contributed by atoms with van der Waals surface area (Å²) in [5.41, 5.74) is 1.61. The number of nitrogens with zero attached hydrogens (tertiary/aromatic N) is 4. The fraction of sp³-hybridized carbons (Fsp3) is 0.476. The van der Waals surface area contributed by atoms with Crippen LogP contribution in [0.5, 0.6) is 5.75 Å². The number of carbonyl (C=O) groups excluding carboxylic acids is 1. The molecule has 2 N–H and O–H groups in total. The van der Waals surface area contributed by atoms with Crippen LogP contribution in [0.2, 0.25) is 0 Å². The van der Waals surface area contributed by atoms with Crippen molar-refractivity contribution < 1.29 is 14.3 Å². The number of likely N-dealkylation sites (N-methyl/N-ethyl adjacent to an activating group) is 1. The average molecular weight is 447 g/mol. The molecule has 0 aliphatic heterocycles. The molecule has 2 heterocycles. The topological polar surface area (TPSA) is 93.0 Å². The number of ether oxygens (including phenoxy) is 2. The van der Waals surface area contributed by atoms with Gasteiger partial charge in [0, 0.05) is 31.8 Å². The van der Waals surface area contributed by atoms with Gasteiger partial charge in [0.25, 0.3) is 0 Å². The van der Waals surface area contributed by atoms with E-state index in [4.69, 9.17) is 19.6 Å². The zero-order valence-corrected chi connectivity index (χ0v) is 19.7. The predicted molar refractivity (Wildman–Crippen MR) is 124 cm³/mol. The zero-order valence-electron chi connectivity index (χ0n) is 18.9. The van der Waals surface area contributed by atoms with E-state index in [1.54, 1.807) is 14.2 Å². The molecular formula is C21H30N6O3S. The fourth-order valence-corrected chi connectivity index (χ4v) is 3.80. The molecule has 3 aromatic rings. The van der Waals surface area contributed by atoms with Gasteiger partial charge in [-0.3, -0.25) is 4.79 Å². The second kappa shape index (κ2) is 9.52. The Kier molecular flexibility index (Phi) is 7.01. The number of benzene rings is 1. The van der Waals surface area contributed by atoms with Crippen molar-refractivity contribution >= 4 is 33.2 Å². The third-order valence-corrected chi connectivity index (χ3v) is 5.41. The highest BCUT2D eigenvalue weighted by atomic mass is 32.1. The molecule has 0 saturated carbocycles. The van der Waals surface area contributed by atoms with Crippen molar-refractivity contribution in [1.82, 2.24) is 19.9 Å². The normalized spacial score (nSPS) is 11.5. The molecule has 1 amide bonds. The molecule has 1 aromatic carbocycles. The lowest BCUT2D eigenvalue weighted by Crippen LogP contribution is -2.36. The summed E-state index contributed by atoms with van der Waals surface area (Å²) in [4.78, 5) is 19.5. The lowest BCUT2D eigenvalue weighted by atomic mass is 10.1. The van der Waals surface area contributed by atoms with Crippen molar-refractivity contribution in [3.8, 4) is 17.0 Å². The van der Waals surface area contributed by atoms with Gasteiger partial charge in [-0.05, 0) is 45.0 Å². The Bertz CT molecular complexity index is 1020. The Balaban J connectivity index is 1.90. The highest BCUT2D eigenvalue weighted by molar-refractivity contribution is 7.20. The van der Waals surface area contributed by atoms with Crippen LogP contribution in [0.15, 0.2) is 24.3 Å². The lowest BCUT2D eigenvalue weighted by Gasteiger charge is -2.22. The van der Waals surface area contributed by atoms with E-state index >= 15 is 0 Å². The van der Waals surface area contributed by atoms with E-state index in [1.807, 2.05) is 40.7 Å². The molecule has 0 atom stereocenters. The van der Waals surface area contributed by atoms with Crippen LogP contribution >= 0.6 is 11.3 Å². The lowest BCUT2D eigenvalue weighted by molar-refractivity contribution is -0.119. The molecule has 0 radical (unpaired) electrons. The van der Waals surface area contributed by atoms with Crippen LogP contribution in [0.3, 0.4) is 0 Å². The van der Waals surface area contributed by atoms with Gasteiger partial charge in [0.05, 0.1) is 20.3 Å². The summed E-state index contributed by atoms with van der Waals surface area (Å²) in [6.45, 7) is 7.44. The Morgan fingerprint density at radius 1 is 1.23 bits per heavy atom. The first-order chi connectivity index (χ1) is 14.7. The maximum atomic E-state index is 12.1. The third-order valence-electron chi connectivity index (χ3n) is 4.39. The molecule has 0 fully saturated rings. The minimum Gasteiger partial charge on any atom is -0.497 e. The van der Waals surface area contributed by atoms with Crippen molar-refractivity contribution in [2.75, 3.05) is 51.2 Å². The Morgan fingerprint density at radius 2 is 1.94 bits per heavy atom. The van der Waals surface area contributed by atoms with Crippen LogP contribution in [0.4, 0.5) is 10.9 Å². The van der Waals surface area contributed by atoms with E-state index in [-0.39, 0.29) is 18.0 Å². The minimum atomic E-state index is -0.186. The number of amides is 1. The van der Waals surface area contributed by atoms with E-state index in [0.29, 0.717) is 18.3 Å². The molecule has 0 saturated heterocycles. The second-order valence-corrected chi connectivity index (χ2v) is 9.12. The standard InChI is InChI=1S/C21H30N6O3S/c1-21(2,3)24-18-17(14-7-9-15(30-6)10-8-14)23-19-27(18)25-20(31-19)26(4)13-16(28)22-11-12-29-5/h7-10,24H,11-13H2,1-6H3,(H,22,28). The second-order valence-electron chi connectivity index (χ2n) is 8.19. The van der Waals surface area contributed by atoms with E-state index in [9.17, 15) is 4.79 Å². The molecule has 0 spiro atoms. The maximum absolute atomic E-state index is 12.1. The maximum Gasteiger partial charge on any atom is 0.239 e. The molecule has 9 nitrogen and oxygen atoms in total. The number of fused-ring (bicyclic) bond motifs is 1. The molecule has 0 aliphatic rings. The molecular weight excluding hydrogens is 416 g/mol.